The minimum Gasteiger partial charge on any atom is -0.480 e. The molecule has 3 amide bonds. The number of hydrogen-bond donors (Lipinski definition) is 7. The fourth-order valence-corrected chi connectivity index (χ4v) is 3.81. The summed E-state index contributed by atoms with van der Waals surface area (Å²) < 4.78 is 0. The van der Waals surface area contributed by atoms with Gasteiger partial charge >= 0.3 is 5.97 Å². The van der Waals surface area contributed by atoms with Gasteiger partial charge in [0.05, 0.1) is 12.1 Å². The average molecular weight is 473 g/mol. The van der Waals surface area contributed by atoms with Crippen LogP contribution >= 0.6 is 0 Å². The Bertz CT molecular complexity index is 661. The number of aliphatic hydroxyl groups is 1. The molecule has 0 aromatic heterocycles. The second kappa shape index (κ2) is 14.8. The van der Waals surface area contributed by atoms with Gasteiger partial charge in [-0.05, 0) is 65.0 Å². The lowest BCUT2D eigenvalue weighted by Crippen LogP contribution is -2.59. The molecule has 0 bridgehead atoms. The SMILES string of the molecule is CC(O)C(NC(=O)C1CCCN1C(=O)C(N)CCCCN)C(=O)NC(CCCCN)C(=O)O. The highest BCUT2D eigenvalue weighted by molar-refractivity contribution is 5.94. The summed E-state index contributed by atoms with van der Waals surface area (Å²) in [4.78, 5) is 51.2. The van der Waals surface area contributed by atoms with E-state index in [0.29, 0.717) is 58.2 Å². The van der Waals surface area contributed by atoms with Crippen molar-refractivity contribution in [3.63, 3.8) is 0 Å². The first-order valence-electron chi connectivity index (χ1n) is 11.6. The highest BCUT2D eigenvalue weighted by Crippen LogP contribution is 2.19. The van der Waals surface area contributed by atoms with Crippen molar-refractivity contribution in [1.82, 2.24) is 15.5 Å². The predicted molar refractivity (Wildman–Crippen MR) is 122 cm³/mol. The molecule has 0 spiro atoms. The number of aliphatic carboxylic acids is 1. The Morgan fingerprint density at radius 3 is 2.18 bits per heavy atom. The molecule has 1 fully saturated rings. The highest BCUT2D eigenvalue weighted by atomic mass is 16.4. The zero-order valence-electron chi connectivity index (χ0n) is 19.4. The van der Waals surface area contributed by atoms with Crippen molar-refractivity contribution in [3.8, 4) is 0 Å². The molecule has 0 aliphatic carbocycles. The standard InChI is InChI=1S/C21H40N6O6/c1-13(28)17(19(30)25-15(21(32)33)8-3-5-11-23)26-18(29)16-9-6-12-27(16)20(31)14(24)7-2-4-10-22/h13-17,28H,2-12,22-24H2,1H3,(H,25,30)(H,26,29)(H,32,33). The van der Waals surface area contributed by atoms with E-state index in [-0.39, 0.29) is 12.3 Å². The second-order valence-corrected chi connectivity index (χ2v) is 8.49. The van der Waals surface area contributed by atoms with E-state index < -0.39 is 48.1 Å². The topological polar surface area (TPSA) is 214 Å². The molecule has 12 nitrogen and oxygen atoms in total. The quantitative estimate of drug-likeness (QED) is 0.131. The maximum absolute atomic E-state index is 12.9. The molecule has 0 radical (unpaired) electrons. The van der Waals surface area contributed by atoms with E-state index in [1.165, 1.54) is 11.8 Å². The number of carbonyl (C=O) groups excluding carboxylic acids is 3. The van der Waals surface area contributed by atoms with Crippen LogP contribution in [0.15, 0.2) is 0 Å². The highest BCUT2D eigenvalue weighted by Gasteiger charge is 2.38. The number of amides is 3. The molecular weight excluding hydrogens is 432 g/mol. The third kappa shape index (κ3) is 9.24. The van der Waals surface area contributed by atoms with Crippen molar-refractivity contribution in [1.29, 1.82) is 0 Å². The Morgan fingerprint density at radius 2 is 1.64 bits per heavy atom. The number of nitrogens with zero attached hydrogens (tertiary/aromatic N) is 1. The maximum Gasteiger partial charge on any atom is 0.326 e. The number of likely N-dealkylation sites (tertiary alicyclic amines) is 1. The number of carboxylic acid groups (broad SMARTS) is 1. The van der Waals surface area contributed by atoms with Gasteiger partial charge in [-0.25, -0.2) is 4.79 Å². The van der Waals surface area contributed by atoms with E-state index in [1.807, 2.05) is 0 Å². The maximum atomic E-state index is 12.9. The van der Waals surface area contributed by atoms with Crippen LogP contribution in [0.25, 0.3) is 0 Å². The van der Waals surface area contributed by atoms with Crippen LogP contribution in [0.1, 0.15) is 58.3 Å². The average Bonchev–Trinajstić information content (AvgIpc) is 3.25. The molecule has 1 aliphatic rings. The van der Waals surface area contributed by atoms with Gasteiger partial charge in [-0.3, -0.25) is 14.4 Å². The summed E-state index contributed by atoms with van der Waals surface area (Å²) >= 11 is 0. The minimum absolute atomic E-state index is 0.172. The van der Waals surface area contributed by atoms with E-state index in [2.05, 4.69) is 10.6 Å². The molecule has 12 heteroatoms. The Hall–Kier alpha value is -2.28. The molecular formula is C21H40N6O6. The molecule has 1 rings (SSSR count). The first-order valence-corrected chi connectivity index (χ1v) is 11.6. The van der Waals surface area contributed by atoms with E-state index >= 15 is 0 Å². The Balaban J connectivity index is 2.79. The summed E-state index contributed by atoms with van der Waals surface area (Å²) in [6, 6.07) is -4.10. The van der Waals surface area contributed by atoms with Crippen LogP contribution in [0.5, 0.6) is 0 Å². The van der Waals surface area contributed by atoms with Crippen LogP contribution in [0, 0.1) is 0 Å². The summed E-state index contributed by atoms with van der Waals surface area (Å²) in [5, 5.41) is 24.3. The van der Waals surface area contributed by atoms with Crippen LogP contribution < -0.4 is 27.8 Å². The predicted octanol–water partition coefficient (Wildman–Crippen LogP) is -2.00. The van der Waals surface area contributed by atoms with Gasteiger partial charge < -0.3 is 42.9 Å². The number of rotatable bonds is 15. The van der Waals surface area contributed by atoms with Crippen molar-refractivity contribution in [2.24, 2.45) is 17.2 Å². The van der Waals surface area contributed by atoms with Crippen molar-refractivity contribution < 1.29 is 29.4 Å². The molecule has 1 aliphatic heterocycles. The lowest BCUT2D eigenvalue weighted by Gasteiger charge is -2.29. The number of aliphatic hydroxyl groups excluding tert-OH is 1. The molecule has 1 heterocycles. The Morgan fingerprint density at radius 1 is 1.03 bits per heavy atom. The number of hydrogen-bond acceptors (Lipinski definition) is 8. The van der Waals surface area contributed by atoms with Gasteiger partial charge in [-0.2, -0.15) is 0 Å². The van der Waals surface area contributed by atoms with E-state index in [1.54, 1.807) is 0 Å². The van der Waals surface area contributed by atoms with Crippen molar-refractivity contribution in [2.75, 3.05) is 19.6 Å². The molecule has 5 unspecified atom stereocenters. The van der Waals surface area contributed by atoms with Gasteiger partial charge in [0.15, 0.2) is 0 Å². The van der Waals surface area contributed by atoms with Gasteiger partial charge in [0.2, 0.25) is 17.7 Å². The van der Waals surface area contributed by atoms with Gasteiger partial charge in [-0.15, -0.1) is 0 Å². The van der Waals surface area contributed by atoms with E-state index in [0.717, 1.165) is 6.42 Å². The molecule has 33 heavy (non-hydrogen) atoms. The number of nitrogens with one attached hydrogen (secondary N) is 2. The van der Waals surface area contributed by atoms with Crippen molar-refractivity contribution in [2.45, 2.75) is 88.6 Å². The van der Waals surface area contributed by atoms with Crippen molar-refractivity contribution in [3.05, 3.63) is 0 Å². The number of carbonyl (C=O) groups is 4. The second-order valence-electron chi connectivity index (χ2n) is 8.49. The van der Waals surface area contributed by atoms with Crippen LogP contribution in [-0.2, 0) is 19.2 Å². The molecule has 190 valence electrons. The third-order valence-corrected chi connectivity index (χ3v) is 5.75. The normalized spacial score (nSPS) is 19.4. The lowest BCUT2D eigenvalue weighted by atomic mass is 10.1. The zero-order chi connectivity index (χ0) is 25.0. The summed E-state index contributed by atoms with van der Waals surface area (Å²) in [7, 11) is 0. The van der Waals surface area contributed by atoms with Gasteiger partial charge in [0.25, 0.3) is 0 Å². The fourth-order valence-electron chi connectivity index (χ4n) is 3.81. The van der Waals surface area contributed by atoms with Crippen LogP contribution in [0.4, 0.5) is 0 Å². The first kappa shape index (κ1) is 28.8. The molecule has 0 aromatic carbocycles. The summed E-state index contributed by atoms with van der Waals surface area (Å²) in [6.45, 7) is 2.60. The minimum atomic E-state index is -1.37. The molecule has 0 saturated carbocycles. The molecule has 5 atom stereocenters. The largest absolute Gasteiger partial charge is 0.480 e. The fraction of sp³-hybridized carbons (Fsp3) is 0.810. The van der Waals surface area contributed by atoms with Crippen molar-refractivity contribution >= 4 is 23.7 Å². The first-order chi connectivity index (χ1) is 15.6. The van der Waals surface area contributed by atoms with Gasteiger partial charge in [-0.1, -0.05) is 6.42 Å². The van der Waals surface area contributed by atoms with E-state index in [9.17, 15) is 29.4 Å². The molecule has 1 saturated heterocycles. The molecule has 10 N–H and O–H groups in total. The number of unbranched alkanes of at least 4 members (excludes halogenated alkanes) is 2. The van der Waals surface area contributed by atoms with Gasteiger partial charge in [0.1, 0.15) is 18.1 Å². The van der Waals surface area contributed by atoms with E-state index in [4.69, 9.17) is 17.2 Å². The lowest BCUT2D eigenvalue weighted by molar-refractivity contribution is -0.144. The Labute approximate surface area is 194 Å². The van der Waals surface area contributed by atoms with Crippen LogP contribution in [0.2, 0.25) is 0 Å². The molecule has 0 aromatic rings. The Kier molecular flexibility index (Phi) is 12.9. The monoisotopic (exact) mass is 472 g/mol. The summed E-state index contributed by atoms with van der Waals surface area (Å²) in [5.74, 6) is -2.96. The van der Waals surface area contributed by atoms with Crippen LogP contribution in [-0.4, -0.2) is 88.7 Å². The van der Waals surface area contributed by atoms with Gasteiger partial charge in [0, 0.05) is 6.54 Å². The zero-order valence-corrected chi connectivity index (χ0v) is 19.4. The number of carboxylic acids is 1. The summed E-state index contributed by atoms with van der Waals surface area (Å²) in [6.07, 6.45) is 2.92. The summed E-state index contributed by atoms with van der Waals surface area (Å²) in [5.41, 5.74) is 16.9. The third-order valence-electron chi connectivity index (χ3n) is 5.75. The van der Waals surface area contributed by atoms with Crippen LogP contribution in [0.3, 0.4) is 0 Å². The smallest absolute Gasteiger partial charge is 0.326 e. The number of nitrogens with two attached hydrogens (primary N) is 3.